The van der Waals surface area contributed by atoms with Crippen LogP contribution >= 0.6 is 0 Å². The van der Waals surface area contributed by atoms with Gasteiger partial charge in [-0.25, -0.2) is 8.42 Å². The summed E-state index contributed by atoms with van der Waals surface area (Å²) in [4.78, 5) is 3.26. The molecule has 11 heteroatoms. The normalized spacial score (nSPS) is 14.0. The molecule has 0 aliphatic heterocycles. The van der Waals surface area contributed by atoms with Crippen LogP contribution in [0, 0.1) is 0 Å². The van der Waals surface area contributed by atoms with Crippen molar-refractivity contribution in [2.45, 2.75) is 12.4 Å². The van der Waals surface area contributed by atoms with Gasteiger partial charge in [0.25, 0.3) is 0 Å². The van der Waals surface area contributed by atoms with E-state index in [0.717, 1.165) is 6.26 Å². The molecule has 23 heavy (non-hydrogen) atoms. The summed E-state index contributed by atoms with van der Waals surface area (Å²) in [5.74, 6) is -1.67. The van der Waals surface area contributed by atoms with Gasteiger partial charge >= 0.3 is 12.1 Å². The van der Waals surface area contributed by atoms with E-state index in [2.05, 4.69) is 19.4 Å². The smallest absolute Gasteiger partial charge is 0.361 e. The minimum Gasteiger partial charge on any atom is -0.361 e. The van der Waals surface area contributed by atoms with E-state index in [9.17, 15) is 21.6 Å². The summed E-state index contributed by atoms with van der Waals surface area (Å²) in [5, 5.41) is 3.26. The molecule has 0 fully saturated rings. The molecule has 0 amide bonds. The quantitative estimate of drug-likeness (QED) is 0.828. The average Bonchev–Trinajstić information content (AvgIpc) is 2.94. The van der Waals surface area contributed by atoms with Crippen LogP contribution in [0.25, 0.3) is 11.4 Å². The van der Waals surface area contributed by atoms with E-state index in [-0.39, 0.29) is 11.4 Å². The minimum atomic E-state index is -4.72. The third kappa shape index (κ3) is 4.50. The Labute approximate surface area is 129 Å². The Bertz CT molecular complexity index is 772. The second kappa shape index (κ2) is 6.26. The van der Waals surface area contributed by atoms with Crippen molar-refractivity contribution in [1.82, 2.24) is 14.9 Å². The van der Waals surface area contributed by atoms with Crippen molar-refractivity contribution >= 4 is 10.0 Å². The summed E-state index contributed by atoms with van der Waals surface area (Å²) in [6.45, 7) is 0. The Morgan fingerprint density at radius 2 is 1.87 bits per heavy atom. The van der Waals surface area contributed by atoms with Crippen molar-refractivity contribution in [2.24, 2.45) is 0 Å². The van der Waals surface area contributed by atoms with E-state index in [0.29, 0.717) is 5.56 Å². The molecular formula is C12H12F3N3O4S. The molecule has 1 atom stereocenters. The Hall–Kier alpha value is -1.98. The number of nitrogens with one attached hydrogen (secondary N) is 1. The maximum Gasteiger partial charge on any atom is 0.471 e. The number of hydrogen-bond donors (Lipinski definition) is 1. The highest BCUT2D eigenvalue weighted by Gasteiger charge is 2.38. The standard InChI is InChI=1S/C12H12F3N3O4S/c1-21-10(18-23(2,19)20)8-5-3-7(4-6-8)9-16-11(22-17-9)12(13,14)15/h3-6,10,18H,1-2H3. The number of sulfonamides is 1. The number of methoxy groups -OCH3 is 1. The van der Waals surface area contributed by atoms with Gasteiger partial charge in [-0.05, 0) is 5.56 Å². The number of benzene rings is 1. The first-order valence-electron chi connectivity index (χ1n) is 6.11. The maximum atomic E-state index is 12.4. The summed E-state index contributed by atoms with van der Waals surface area (Å²) >= 11 is 0. The van der Waals surface area contributed by atoms with Crippen LogP contribution in [0.1, 0.15) is 17.7 Å². The molecule has 0 bridgehead atoms. The van der Waals surface area contributed by atoms with Crippen LogP contribution in [-0.4, -0.2) is 31.9 Å². The molecular weight excluding hydrogens is 339 g/mol. The van der Waals surface area contributed by atoms with E-state index >= 15 is 0 Å². The van der Waals surface area contributed by atoms with Gasteiger partial charge in [-0.1, -0.05) is 29.4 Å². The monoisotopic (exact) mass is 351 g/mol. The lowest BCUT2D eigenvalue weighted by atomic mass is 10.1. The first-order valence-corrected chi connectivity index (χ1v) is 8.00. The predicted molar refractivity (Wildman–Crippen MR) is 72.5 cm³/mol. The van der Waals surface area contributed by atoms with E-state index in [1.165, 1.54) is 31.4 Å². The second-order valence-electron chi connectivity index (χ2n) is 4.55. The molecule has 0 radical (unpaired) electrons. The van der Waals surface area contributed by atoms with Crippen LogP contribution in [0.5, 0.6) is 0 Å². The van der Waals surface area contributed by atoms with Crippen molar-refractivity contribution < 1.29 is 30.8 Å². The molecule has 7 nitrogen and oxygen atoms in total. The summed E-state index contributed by atoms with van der Waals surface area (Å²) in [5.41, 5.74) is 0.739. The number of nitrogens with zero attached hydrogens (tertiary/aromatic N) is 2. The third-order valence-corrected chi connectivity index (χ3v) is 3.34. The van der Waals surface area contributed by atoms with Crippen molar-refractivity contribution in [2.75, 3.05) is 13.4 Å². The SMILES string of the molecule is COC(NS(C)(=O)=O)c1ccc(-c2noc(C(F)(F)F)n2)cc1. The highest BCUT2D eigenvalue weighted by atomic mass is 32.2. The zero-order valence-corrected chi connectivity index (χ0v) is 12.8. The first-order chi connectivity index (χ1) is 10.6. The van der Waals surface area contributed by atoms with Gasteiger partial charge in [-0.15, -0.1) is 0 Å². The van der Waals surface area contributed by atoms with E-state index < -0.39 is 28.3 Å². The molecule has 1 aromatic carbocycles. The highest BCUT2D eigenvalue weighted by Crippen LogP contribution is 2.29. The topological polar surface area (TPSA) is 94.3 Å². The van der Waals surface area contributed by atoms with Crippen LogP contribution in [0.15, 0.2) is 28.8 Å². The Morgan fingerprint density at radius 1 is 1.26 bits per heavy atom. The lowest BCUT2D eigenvalue weighted by Crippen LogP contribution is -2.28. The average molecular weight is 351 g/mol. The third-order valence-electron chi connectivity index (χ3n) is 2.70. The molecule has 0 aliphatic carbocycles. The van der Waals surface area contributed by atoms with Crippen molar-refractivity contribution in [1.29, 1.82) is 0 Å². The molecule has 2 aromatic rings. The Morgan fingerprint density at radius 3 is 2.30 bits per heavy atom. The maximum absolute atomic E-state index is 12.4. The lowest BCUT2D eigenvalue weighted by Gasteiger charge is -2.16. The molecule has 0 saturated carbocycles. The van der Waals surface area contributed by atoms with Gasteiger partial charge < -0.3 is 9.26 Å². The fourth-order valence-electron chi connectivity index (χ4n) is 1.71. The second-order valence-corrected chi connectivity index (χ2v) is 6.33. The van der Waals surface area contributed by atoms with Crippen LogP contribution < -0.4 is 4.72 Å². The molecule has 0 aliphatic rings. The van der Waals surface area contributed by atoms with Crippen molar-refractivity contribution in [3.63, 3.8) is 0 Å². The van der Waals surface area contributed by atoms with Gasteiger partial charge in [-0.3, -0.25) is 0 Å². The first kappa shape index (κ1) is 17.4. The number of ether oxygens (including phenoxy) is 1. The number of rotatable bonds is 5. The van der Waals surface area contributed by atoms with Gasteiger partial charge in [0.15, 0.2) is 0 Å². The molecule has 0 saturated heterocycles. The Kier molecular flexibility index (Phi) is 4.73. The van der Waals surface area contributed by atoms with Crippen molar-refractivity contribution in [3.8, 4) is 11.4 Å². The van der Waals surface area contributed by atoms with E-state index in [4.69, 9.17) is 4.74 Å². The van der Waals surface area contributed by atoms with E-state index in [1.54, 1.807) is 0 Å². The van der Waals surface area contributed by atoms with Gasteiger partial charge in [0, 0.05) is 12.7 Å². The Balaban J connectivity index is 2.23. The largest absolute Gasteiger partial charge is 0.471 e. The summed E-state index contributed by atoms with van der Waals surface area (Å²) in [7, 11) is -2.19. The van der Waals surface area contributed by atoms with Crippen LogP contribution in [-0.2, 0) is 20.9 Å². The minimum absolute atomic E-state index is 0.228. The molecule has 1 heterocycles. The lowest BCUT2D eigenvalue weighted by molar-refractivity contribution is -0.159. The number of alkyl halides is 3. The van der Waals surface area contributed by atoms with Crippen LogP contribution in [0.4, 0.5) is 13.2 Å². The number of halogens is 3. The molecule has 1 unspecified atom stereocenters. The zero-order valence-electron chi connectivity index (χ0n) is 12.0. The number of hydrogen-bond acceptors (Lipinski definition) is 6. The molecule has 2 rings (SSSR count). The van der Waals surface area contributed by atoms with Crippen LogP contribution in [0.2, 0.25) is 0 Å². The van der Waals surface area contributed by atoms with Gasteiger partial charge in [-0.2, -0.15) is 22.9 Å². The predicted octanol–water partition coefficient (Wildman–Crippen LogP) is 1.95. The van der Waals surface area contributed by atoms with Gasteiger partial charge in [0.1, 0.15) is 6.23 Å². The summed E-state index contributed by atoms with van der Waals surface area (Å²) < 4.78 is 71.1. The van der Waals surface area contributed by atoms with Crippen molar-refractivity contribution in [3.05, 3.63) is 35.7 Å². The van der Waals surface area contributed by atoms with E-state index in [1.807, 2.05) is 0 Å². The number of aromatic nitrogens is 2. The summed E-state index contributed by atoms with van der Waals surface area (Å²) in [6, 6.07) is 5.81. The molecule has 1 N–H and O–H groups in total. The molecule has 126 valence electrons. The highest BCUT2D eigenvalue weighted by molar-refractivity contribution is 7.88. The fraction of sp³-hybridized carbons (Fsp3) is 0.333. The molecule has 1 aromatic heterocycles. The summed E-state index contributed by atoms with van der Waals surface area (Å²) in [6.07, 6.45) is -4.66. The van der Waals surface area contributed by atoms with Gasteiger partial charge in [0.2, 0.25) is 15.8 Å². The zero-order chi connectivity index (χ0) is 17.3. The van der Waals surface area contributed by atoms with Crippen LogP contribution in [0.3, 0.4) is 0 Å². The molecule has 0 spiro atoms. The van der Waals surface area contributed by atoms with Gasteiger partial charge in [0.05, 0.1) is 6.26 Å². The fourth-order valence-corrected chi connectivity index (χ4v) is 2.33.